The fourth-order valence-corrected chi connectivity index (χ4v) is 1.35. The van der Waals surface area contributed by atoms with Gasteiger partial charge in [-0.2, -0.15) is 0 Å². The lowest BCUT2D eigenvalue weighted by atomic mass is 10.1. The molecular weight excluding hydrogens is 184 g/mol. The molecule has 0 saturated carbocycles. The largest absolute Gasteiger partial charge is 0.295 e. The van der Waals surface area contributed by atoms with Crippen molar-refractivity contribution >= 4 is 11.9 Å². The minimum Gasteiger partial charge on any atom is -0.295 e. The van der Waals surface area contributed by atoms with Crippen LogP contribution in [0.25, 0.3) is 6.08 Å². The number of hydrogen-bond donors (Lipinski definition) is 0. The van der Waals surface area contributed by atoms with Crippen molar-refractivity contribution in [3.05, 3.63) is 53.6 Å². The van der Waals surface area contributed by atoms with Gasteiger partial charge in [0.25, 0.3) is 0 Å². The first-order valence-corrected chi connectivity index (χ1v) is 5.11. The molecule has 0 fully saturated rings. The van der Waals surface area contributed by atoms with Gasteiger partial charge in [0.15, 0.2) is 5.78 Å². The van der Waals surface area contributed by atoms with Crippen LogP contribution in [-0.4, -0.2) is 5.78 Å². The third-order valence-electron chi connectivity index (χ3n) is 2.25. The number of allylic oxidation sites excluding steroid dienone is 3. The highest BCUT2D eigenvalue weighted by molar-refractivity contribution is 5.93. The molecule has 0 unspecified atom stereocenters. The van der Waals surface area contributed by atoms with E-state index < -0.39 is 0 Å². The van der Waals surface area contributed by atoms with Crippen LogP contribution in [0.4, 0.5) is 0 Å². The Hall–Kier alpha value is -1.63. The van der Waals surface area contributed by atoms with E-state index in [0.717, 1.165) is 11.1 Å². The summed E-state index contributed by atoms with van der Waals surface area (Å²) in [4.78, 5) is 11.1. The molecule has 0 aromatic heterocycles. The molecule has 1 aromatic rings. The lowest BCUT2D eigenvalue weighted by Crippen LogP contribution is -1.93. The predicted octanol–water partition coefficient (Wildman–Crippen LogP) is 3.63. The minimum absolute atomic E-state index is 0.148. The van der Waals surface area contributed by atoms with Crippen molar-refractivity contribution < 1.29 is 4.79 Å². The number of benzene rings is 1. The zero-order valence-corrected chi connectivity index (χ0v) is 9.23. The Balaban J connectivity index is 2.57. The molecular formula is C14H16O. The second kappa shape index (κ2) is 5.97. The highest BCUT2D eigenvalue weighted by atomic mass is 16.1. The van der Waals surface area contributed by atoms with Gasteiger partial charge < -0.3 is 0 Å². The lowest BCUT2D eigenvalue weighted by Gasteiger charge is -1.97. The highest BCUT2D eigenvalue weighted by Crippen LogP contribution is 2.07. The van der Waals surface area contributed by atoms with E-state index in [2.05, 4.69) is 0 Å². The molecule has 1 nitrogen and oxygen atoms in total. The third-order valence-corrected chi connectivity index (χ3v) is 2.25. The first-order valence-electron chi connectivity index (χ1n) is 5.11. The SMILES string of the molecule is C/C=C(\C/C=C/c1ccccc1)C(C)=O. The van der Waals surface area contributed by atoms with E-state index in [1.807, 2.05) is 55.5 Å². The maximum Gasteiger partial charge on any atom is 0.155 e. The first kappa shape index (κ1) is 11.4. The topological polar surface area (TPSA) is 17.1 Å². The molecule has 0 aliphatic rings. The summed E-state index contributed by atoms with van der Waals surface area (Å²) in [6.45, 7) is 3.50. The number of rotatable bonds is 4. The summed E-state index contributed by atoms with van der Waals surface area (Å²) in [5, 5.41) is 0. The molecule has 0 saturated heterocycles. The van der Waals surface area contributed by atoms with Gasteiger partial charge in [0.1, 0.15) is 0 Å². The fourth-order valence-electron chi connectivity index (χ4n) is 1.35. The van der Waals surface area contributed by atoms with Crippen LogP contribution in [0.3, 0.4) is 0 Å². The van der Waals surface area contributed by atoms with Crippen molar-refractivity contribution in [1.29, 1.82) is 0 Å². The van der Waals surface area contributed by atoms with Crippen LogP contribution >= 0.6 is 0 Å². The van der Waals surface area contributed by atoms with Crippen molar-refractivity contribution in [3.8, 4) is 0 Å². The fraction of sp³-hybridized carbons (Fsp3) is 0.214. The van der Waals surface area contributed by atoms with Crippen LogP contribution in [0.15, 0.2) is 48.1 Å². The van der Waals surface area contributed by atoms with Crippen LogP contribution in [0.5, 0.6) is 0 Å². The Kier molecular flexibility index (Phi) is 4.55. The average Bonchev–Trinajstić information content (AvgIpc) is 2.25. The molecule has 0 bridgehead atoms. The smallest absolute Gasteiger partial charge is 0.155 e. The third kappa shape index (κ3) is 3.94. The number of ketones is 1. The first-order chi connectivity index (χ1) is 7.24. The lowest BCUT2D eigenvalue weighted by molar-refractivity contribution is -0.113. The van der Waals surface area contributed by atoms with Gasteiger partial charge in [-0.3, -0.25) is 4.79 Å². The Morgan fingerprint density at radius 2 is 1.93 bits per heavy atom. The average molecular weight is 200 g/mol. The molecule has 0 aliphatic carbocycles. The Morgan fingerprint density at radius 1 is 1.27 bits per heavy atom. The van der Waals surface area contributed by atoms with Gasteiger partial charge in [-0.05, 0) is 31.4 Å². The molecule has 1 heteroatoms. The number of hydrogen-bond acceptors (Lipinski definition) is 1. The Labute approximate surface area is 91.1 Å². The number of carbonyl (C=O) groups is 1. The Bertz CT molecular complexity index is 372. The zero-order chi connectivity index (χ0) is 11.1. The van der Waals surface area contributed by atoms with Gasteiger partial charge in [-0.15, -0.1) is 0 Å². The van der Waals surface area contributed by atoms with Gasteiger partial charge in [-0.25, -0.2) is 0 Å². The normalized spacial score (nSPS) is 12.0. The summed E-state index contributed by atoms with van der Waals surface area (Å²) < 4.78 is 0. The van der Waals surface area contributed by atoms with Gasteiger partial charge in [0, 0.05) is 0 Å². The quantitative estimate of drug-likeness (QED) is 0.678. The maximum atomic E-state index is 11.1. The molecule has 15 heavy (non-hydrogen) atoms. The van der Waals surface area contributed by atoms with Crippen molar-refractivity contribution in [2.45, 2.75) is 20.3 Å². The van der Waals surface area contributed by atoms with Gasteiger partial charge >= 0.3 is 0 Å². The minimum atomic E-state index is 0.148. The van der Waals surface area contributed by atoms with Crippen molar-refractivity contribution in [2.24, 2.45) is 0 Å². The molecule has 0 amide bonds. The summed E-state index contributed by atoms with van der Waals surface area (Å²) >= 11 is 0. The van der Waals surface area contributed by atoms with Gasteiger partial charge in [-0.1, -0.05) is 48.6 Å². The van der Waals surface area contributed by atoms with E-state index in [4.69, 9.17) is 0 Å². The van der Waals surface area contributed by atoms with Crippen LogP contribution in [0.1, 0.15) is 25.8 Å². The highest BCUT2D eigenvalue weighted by Gasteiger charge is 1.98. The van der Waals surface area contributed by atoms with E-state index in [9.17, 15) is 4.79 Å². The monoisotopic (exact) mass is 200 g/mol. The van der Waals surface area contributed by atoms with Crippen molar-refractivity contribution in [3.63, 3.8) is 0 Å². The summed E-state index contributed by atoms with van der Waals surface area (Å²) in [5.74, 6) is 0.148. The molecule has 0 radical (unpaired) electrons. The molecule has 0 N–H and O–H groups in total. The summed E-state index contributed by atoms with van der Waals surface area (Å²) in [6, 6.07) is 10.1. The number of carbonyl (C=O) groups excluding carboxylic acids is 1. The molecule has 0 atom stereocenters. The summed E-state index contributed by atoms with van der Waals surface area (Å²) in [6.07, 6.45) is 6.64. The van der Waals surface area contributed by atoms with E-state index in [1.165, 1.54) is 0 Å². The predicted molar refractivity (Wildman–Crippen MR) is 64.5 cm³/mol. The van der Waals surface area contributed by atoms with Crippen molar-refractivity contribution in [1.82, 2.24) is 0 Å². The molecule has 0 aliphatic heterocycles. The van der Waals surface area contributed by atoms with E-state index in [-0.39, 0.29) is 5.78 Å². The van der Waals surface area contributed by atoms with E-state index in [1.54, 1.807) is 6.92 Å². The van der Waals surface area contributed by atoms with Crippen LogP contribution in [0.2, 0.25) is 0 Å². The molecule has 0 spiro atoms. The Morgan fingerprint density at radius 3 is 2.47 bits per heavy atom. The standard InChI is InChI=1S/C14H16O/c1-3-14(12(2)15)11-7-10-13-8-5-4-6-9-13/h3-10H,11H2,1-2H3/b10-7+,14-3+. The zero-order valence-electron chi connectivity index (χ0n) is 9.23. The molecule has 0 heterocycles. The summed E-state index contributed by atoms with van der Waals surface area (Å²) in [7, 11) is 0. The number of Topliss-reactive ketones (excluding diaryl/α,β-unsaturated/α-hetero) is 1. The van der Waals surface area contributed by atoms with Crippen LogP contribution < -0.4 is 0 Å². The summed E-state index contributed by atoms with van der Waals surface area (Å²) in [5.41, 5.74) is 2.03. The van der Waals surface area contributed by atoms with Gasteiger partial charge in [0.2, 0.25) is 0 Å². The van der Waals surface area contributed by atoms with Crippen LogP contribution in [-0.2, 0) is 4.79 Å². The second-order valence-electron chi connectivity index (χ2n) is 3.39. The van der Waals surface area contributed by atoms with E-state index >= 15 is 0 Å². The van der Waals surface area contributed by atoms with Crippen molar-refractivity contribution in [2.75, 3.05) is 0 Å². The van der Waals surface area contributed by atoms with E-state index in [0.29, 0.717) is 6.42 Å². The van der Waals surface area contributed by atoms with Gasteiger partial charge in [0.05, 0.1) is 0 Å². The molecule has 1 aromatic carbocycles. The molecule has 1 rings (SSSR count). The second-order valence-corrected chi connectivity index (χ2v) is 3.39. The van der Waals surface area contributed by atoms with Crippen LogP contribution in [0, 0.1) is 0 Å². The maximum absolute atomic E-state index is 11.1. The molecule has 78 valence electrons.